The zero-order valence-corrected chi connectivity index (χ0v) is 12.9. The monoisotopic (exact) mass is 346 g/mol. The minimum atomic E-state index is -0.540. The number of ether oxygens (including phenoxy) is 1. The van der Waals surface area contributed by atoms with Gasteiger partial charge in [0.25, 0.3) is 5.91 Å². The topological polar surface area (TPSA) is 58.6 Å². The van der Waals surface area contributed by atoms with Crippen LogP contribution in [0.5, 0.6) is 0 Å². The van der Waals surface area contributed by atoms with Crippen LogP contribution in [-0.2, 0) is 9.53 Å². The average molecular weight is 347 g/mol. The molecule has 1 unspecified atom stereocenters. The molecule has 0 spiro atoms. The first kappa shape index (κ1) is 14.5. The van der Waals surface area contributed by atoms with E-state index >= 15 is 0 Å². The van der Waals surface area contributed by atoms with E-state index in [4.69, 9.17) is 4.74 Å². The Balaban J connectivity index is 2.15. The number of amides is 1. The molecular formula is C12H15BrN2O3S. The lowest BCUT2D eigenvalue weighted by Gasteiger charge is -2.34. The first-order chi connectivity index (χ1) is 9.13. The Morgan fingerprint density at radius 2 is 2.37 bits per heavy atom. The van der Waals surface area contributed by atoms with E-state index in [1.807, 2.05) is 6.07 Å². The lowest BCUT2D eigenvalue weighted by molar-refractivity contribution is -0.149. The summed E-state index contributed by atoms with van der Waals surface area (Å²) < 4.78 is 5.93. The zero-order chi connectivity index (χ0) is 13.8. The van der Waals surface area contributed by atoms with E-state index in [0.717, 1.165) is 3.79 Å². The molecule has 5 nitrogen and oxygen atoms in total. The summed E-state index contributed by atoms with van der Waals surface area (Å²) in [4.78, 5) is 26.5. The third-order valence-corrected chi connectivity index (χ3v) is 4.46. The molecule has 0 saturated carbocycles. The van der Waals surface area contributed by atoms with Crippen molar-refractivity contribution in [3.05, 3.63) is 20.8 Å². The molecule has 104 valence electrons. The highest BCUT2D eigenvalue weighted by atomic mass is 79.9. The van der Waals surface area contributed by atoms with Crippen molar-refractivity contribution in [1.82, 2.24) is 10.2 Å². The van der Waals surface area contributed by atoms with E-state index in [1.165, 1.54) is 11.3 Å². The van der Waals surface area contributed by atoms with Gasteiger partial charge in [-0.2, -0.15) is 0 Å². The second-order valence-electron chi connectivity index (χ2n) is 4.07. The number of halogens is 1. The number of carbonyl (C=O) groups excluding carboxylic acids is 2. The van der Waals surface area contributed by atoms with Crippen LogP contribution in [0.1, 0.15) is 16.6 Å². The summed E-state index contributed by atoms with van der Waals surface area (Å²) in [5, 5.41) is 3.12. The van der Waals surface area contributed by atoms with Gasteiger partial charge in [-0.3, -0.25) is 4.79 Å². The summed E-state index contributed by atoms with van der Waals surface area (Å²) in [7, 11) is 0. The van der Waals surface area contributed by atoms with Gasteiger partial charge in [-0.15, -0.1) is 11.3 Å². The van der Waals surface area contributed by atoms with Gasteiger partial charge in [0, 0.05) is 19.6 Å². The molecule has 2 rings (SSSR count). The Bertz CT molecular complexity index is 477. The minimum absolute atomic E-state index is 0.116. The van der Waals surface area contributed by atoms with Crippen LogP contribution in [0.2, 0.25) is 0 Å². The average Bonchev–Trinajstić information content (AvgIpc) is 2.85. The van der Waals surface area contributed by atoms with Crippen molar-refractivity contribution >= 4 is 39.1 Å². The summed E-state index contributed by atoms with van der Waals surface area (Å²) in [5.74, 6) is -0.464. The van der Waals surface area contributed by atoms with Crippen LogP contribution in [0.4, 0.5) is 0 Å². The fourth-order valence-electron chi connectivity index (χ4n) is 1.97. The number of hydrogen-bond acceptors (Lipinski definition) is 5. The summed E-state index contributed by atoms with van der Waals surface area (Å²) in [6.07, 6.45) is 0. The number of thiophene rings is 1. The SMILES string of the molecule is CCOC(=O)C1CNCCN1C(=O)c1ccc(Br)s1. The third kappa shape index (κ3) is 3.34. The largest absolute Gasteiger partial charge is 0.464 e. The number of hydrogen-bond donors (Lipinski definition) is 1. The Morgan fingerprint density at radius 1 is 1.58 bits per heavy atom. The van der Waals surface area contributed by atoms with Gasteiger partial charge in [0.15, 0.2) is 0 Å². The van der Waals surface area contributed by atoms with Gasteiger partial charge in [0.2, 0.25) is 0 Å². The van der Waals surface area contributed by atoms with Gasteiger partial charge in [-0.25, -0.2) is 4.79 Å². The van der Waals surface area contributed by atoms with Crippen LogP contribution in [0, 0.1) is 0 Å². The molecule has 0 radical (unpaired) electrons. The molecule has 0 aliphatic carbocycles. The maximum Gasteiger partial charge on any atom is 0.330 e. The lowest BCUT2D eigenvalue weighted by atomic mass is 10.2. The number of nitrogens with one attached hydrogen (secondary N) is 1. The summed E-state index contributed by atoms with van der Waals surface area (Å²) >= 11 is 4.71. The van der Waals surface area contributed by atoms with Gasteiger partial charge in [-0.05, 0) is 35.0 Å². The quantitative estimate of drug-likeness (QED) is 0.842. The van der Waals surface area contributed by atoms with E-state index in [1.54, 1.807) is 17.9 Å². The van der Waals surface area contributed by atoms with Crippen molar-refractivity contribution in [1.29, 1.82) is 0 Å². The predicted octanol–water partition coefficient (Wildman–Crippen LogP) is 1.49. The Morgan fingerprint density at radius 3 is 3.00 bits per heavy atom. The fraction of sp³-hybridized carbons (Fsp3) is 0.500. The van der Waals surface area contributed by atoms with Gasteiger partial charge in [-0.1, -0.05) is 0 Å². The third-order valence-electron chi connectivity index (χ3n) is 2.85. The molecule has 0 bridgehead atoms. The molecule has 1 aliphatic heterocycles. The van der Waals surface area contributed by atoms with E-state index in [2.05, 4.69) is 21.2 Å². The first-order valence-corrected chi connectivity index (χ1v) is 7.68. The molecule has 1 aromatic rings. The molecule has 1 aliphatic rings. The summed E-state index contributed by atoms with van der Waals surface area (Å²) in [6, 6.07) is 3.06. The molecule has 2 heterocycles. The van der Waals surface area contributed by atoms with Crippen molar-refractivity contribution in [3.8, 4) is 0 Å². The van der Waals surface area contributed by atoms with Crippen LogP contribution in [0.15, 0.2) is 15.9 Å². The number of piperazine rings is 1. The number of carbonyl (C=O) groups is 2. The molecule has 0 aromatic carbocycles. The molecular weight excluding hydrogens is 332 g/mol. The van der Waals surface area contributed by atoms with E-state index in [-0.39, 0.29) is 11.9 Å². The highest BCUT2D eigenvalue weighted by Gasteiger charge is 2.34. The smallest absolute Gasteiger partial charge is 0.330 e. The van der Waals surface area contributed by atoms with Gasteiger partial charge in [0.1, 0.15) is 6.04 Å². The fourth-order valence-corrected chi connectivity index (χ4v) is 3.31. The Labute approximate surface area is 124 Å². The molecule has 19 heavy (non-hydrogen) atoms. The van der Waals surface area contributed by atoms with E-state index in [9.17, 15) is 9.59 Å². The summed E-state index contributed by atoms with van der Waals surface area (Å²) in [6.45, 7) is 3.72. The molecule has 7 heteroatoms. The van der Waals surface area contributed by atoms with Crippen molar-refractivity contribution in [2.24, 2.45) is 0 Å². The van der Waals surface area contributed by atoms with Crippen LogP contribution < -0.4 is 5.32 Å². The van der Waals surface area contributed by atoms with Gasteiger partial charge in [0.05, 0.1) is 15.3 Å². The van der Waals surface area contributed by atoms with Crippen LogP contribution in [-0.4, -0.2) is 49.1 Å². The molecule has 1 saturated heterocycles. The van der Waals surface area contributed by atoms with E-state index in [0.29, 0.717) is 31.1 Å². The molecule has 1 atom stereocenters. The predicted molar refractivity (Wildman–Crippen MR) is 76.3 cm³/mol. The second kappa shape index (κ2) is 6.49. The van der Waals surface area contributed by atoms with Crippen molar-refractivity contribution in [2.75, 3.05) is 26.2 Å². The molecule has 1 fully saturated rings. The Hall–Kier alpha value is -0.920. The van der Waals surface area contributed by atoms with Crippen LogP contribution in [0.3, 0.4) is 0 Å². The number of rotatable bonds is 3. The normalized spacial score (nSPS) is 19.3. The molecule has 1 amide bonds. The van der Waals surface area contributed by atoms with Crippen LogP contribution in [0.25, 0.3) is 0 Å². The van der Waals surface area contributed by atoms with Gasteiger partial charge < -0.3 is 15.0 Å². The maximum atomic E-state index is 12.4. The van der Waals surface area contributed by atoms with Crippen molar-refractivity contribution in [3.63, 3.8) is 0 Å². The lowest BCUT2D eigenvalue weighted by Crippen LogP contribution is -2.57. The first-order valence-electron chi connectivity index (χ1n) is 6.07. The number of esters is 1. The van der Waals surface area contributed by atoms with Crippen molar-refractivity contribution in [2.45, 2.75) is 13.0 Å². The van der Waals surface area contributed by atoms with Crippen LogP contribution >= 0.6 is 27.3 Å². The second-order valence-corrected chi connectivity index (χ2v) is 6.54. The van der Waals surface area contributed by atoms with E-state index < -0.39 is 6.04 Å². The highest BCUT2D eigenvalue weighted by Crippen LogP contribution is 2.24. The highest BCUT2D eigenvalue weighted by molar-refractivity contribution is 9.11. The molecule has 1 N–H and O–H groups in total. The van der Waals surface area contributed by atoms with Crippen molar-refractivity contribution < 1.29 is 14.3 Å². The zero-order valence-electron chi connectivity index (χ0n) is 10.5. The Kier molecular flexibility index (Phi) is 4.95. The molecule has 1 aromatic heterocycles. The summed E-state index contributed by atoms with van der Waals surface area (Å²) in [5.41, 5.74) is 0. The standard InChI is InChI=1S/C12H15BrN2O3S/c1-2-18-12(17)8-7-14-5-6-15(8)11(16)9-3-4-10(13)19-9/h3-4,8,14H,2,5-7H2,1H3. The number of nitrogens with zero attached hydrogens (tertiary/aromatic N) is 1. The minimum Gasteiger partial charge on any atom is -0.464 e. The van der Waals surface area contributed by atoms with Gasteiger partial charge >= 0.3 is 5.97 Å². The maximum absolute atomic E-state index is 12.4.